The number of halogens is 1. The van der Waals surface area contributed by atoms with Crippen LogP contribution < -0.4 is 4.74 Å². The third kappa shape index (κ3) is 3.03. The summed E-state index contributed by atoms with van der Waals surface area (Å²) in [6.45, 7) is 1.59. The molecule has 19 heavy (non-hydrogen) atoms. The van der Waals surface area contributed by atoms with Crippen LogP contribution in [0.4, 0.5) is 0 Å². The van der Waals surface area contributed by atoms with Crippen molar-refractivity contribution < 1.29 is 14.6 Å². The Morgan fingerprint density at radius 1 is 1.32 bits per heavy atom. The maximum absolute atomic E-state index is 11.1. The maximum atomic E-state index is 11.1. The topological polar surface area (TPSA) is 59.4 Å². The third-order valence-corrected chi connectivity index (χ3v) is 3.02. The second kappa shape index (κ2) is 5.71. The molecule has 0 aliphatic carbocycles. The number of carboxylic acid groups (broad SMARTS) is 1. The summed E-state index contributed by atoms with van der Waals surface area (Å²) in [5.74, 6) is -0.739. The number of nitrogens with zero attached hydrogens (tertiary/aromatic N) is 1. The van der Waals surface area contributed by atoms with Crippen molar-refractivity contribution in [3.8, 4) is 11.5 Å². The van der Waals surface area contributed by atoms with Gasteiger partial charge in [0.25, 0.3) is 0 Å². The van der Waals surface area contributed by atoms with Crippen molar-refractivity contribution in [2.75, 3.05) is 0 Å². The second-order valence-corrected chi connectivity index (χ2v) is 4.41. The number of hydrogen-bond acceptors (Lipinski definition) is 3. The summed E-state index contributed by atoms with van der Waals surface area (Å²) >= 11 is 6.01. The lowest BCUT2D eigenvalue weighted by Gasteiger charge is -2.13. The first-order valence-electron chi connectivity index (χ1n) is 5.68. The molecule has 0 saturated heterocycles. The number of aliphatic carboxylic acids is 1. The van der Waals surface area contributed by atoms with Gasteiger partial charge in [-0.25, -0.2) is 0 Å². The molecule has 1 atom stereocenters. The molecule has 0 radical (unpaired) electrons. The van der Waals surface area contributed by atoms with Gasteiger partial charge in [-0.1, -0.05) is 23.7 Å². The zero-order valence-electron chi connectivity index (χ0n) is 10.2. The molecule has 1 aromatic heterocycles. The van der Waals surface area contributed by atoms with Gasteiger partial charge in [0.1, 0.15) is 11.5 Å². The van der Waals surface area contributed by atoms with Crippen molar-refractivity contribution in [1.29, 1.82) is 0 Å². The molecule has 0 bridgehead atoms. The van der Waals surface area contributed by atoms with Crippen LogP contribution in [0, 0.1) is 0 Å². The molecule has 2 aromatic rings. The predicted molar refractivity (Wildman–Crippen MR) is 71.8 cm³/mol. The largest absolute Gasteiger partial charge is 0.481 e. The van der Waals surface area contributed by atoms with Crippen LogP contribution in [0.2, 0.25) is 5.02 Å². The van der Waals surface area contributed by atoms with Crippen molar-refractivity contribution in [3.63, 3.8) is 0 Å². The monoisotopic (exact) mass is 277 g/mol. The molecule has 1 N–H and O–H groups in total. The Balaban J connectivity index is 2.36. The Kier molecular flexibility index (Phi) is 4.02. The van der Waals surface area contributed by atoms with Crippen molar-refractivity contribution >= 4 is 17.6 Å². The molecule has 0 spiro atoms. The van der Waals surface area contributed by atoms with E-state index in [9.17, 15) is 4.79 Å². The van der Waals surface area contributed by atoms with Crippen molar-refractivity contribution in [3.05, 3.63) is 53.3 Å². The zero-order valence-corrected chi connectivity index (χ0v) is 11.0. The molecule has 0 amide bonds. The van der Waals surface area contributed by atoms with E-state index < -0.39 is 11.9 Å². The lowest BCUT2D eigenvalue weighted by atomic mass is 10.0. The first kappa shape index (κ1) is 13.4. The van der Waals surface area contributed by atoms with Crippen LogP contribution in [0.1, 0.15) is 18.4 Å². The number of ether oxygens (including phenoxy) is 1. The van der Waals surface area contributed by atoms with Gasteiger partial charge < -0.3 is 9.84 Å². The predicted octanol–water partition coefficient (Wildman–Crippen LogP) is 3.72. The molecule has 0 fully saturated rings. The van der Waals surface area contributed by atoms with Crippen LogP contribution in [0.3, 0.4) is 0 Å². The first-order chi connectivity index (χ1) is 9.09. The van der Waals surface area contributed by atoms with Gasteiger partial charge in [0, 0.05) is 11.8 Å². The lowest BCUT2D eigenvalue weighted by Crippen LogP contribution is -2.08. The van der Waals surface area contributed by atoms with E-state index in [2.05, 4.69) is 4.98 Å². The number of rotatable bonds is 4. The van der Waals surface area contributed by atoms with Crippen molar-refractivity contribution in [1.82, 2.24) is 4.98 Å². The molecular formula is C14H12ClNO3. The lowest BCUT2D eigenvalue weighted by molar-refractivity contribution is -0.138. The second-order valence-electron chi connectivity index (χ2n) is 4.01. The van der Waals surface area contributed by atoms with Crippen molar-refractivity contribution in [2.24, 2.45) is 0 Å². The minimum atomic E-state index is -0.921. The van der Waals surface area contributed by atoms with Crippen LogP contribution in [0.15, 0.2) is 42.7 Å². The highest BCUT2D eigenvalue weighted by Crippen LogP contribution is 2.33. The fraction of sp³-hybridized carbons (Fsp3) is 0.143. The number of pyridine rings is 1. The number of benzene rings is 1. The van der Waals surface area contributed by atoms with Crippen LogP contribution in [0.25, 0.3) is 0 Å². The minimum absolute atomic E-state index is 0.394. The number of hydrogen-bond donors (Lipinski definition) is 1. The summed E-state index contributed by atoms with van der Waals surface area (Å²) in [7, 11) is 0. The maximum Gasteiger partial charge on any atom is 0.310 e. The zero-order chi connectivity index (χ0) is 13.8. The molecule has 0 aliphatic rings. The van der Waals surface area contributed by atoms with E-state index in [1.165, 1.54) is 12.4 Å². The summed E-state index contributed by atoms with van der Waals surface area (Å²) in [6.07, 6.45) is 3.02. The van der Waals surface area contributed by atoms with E-state index in [4.69, 9.17) is 21.4 Å². The molecular weight excluding hydrogens is 266 g/mol. The van der Waals surface area contributed by atoms with E-state index in [1.54, 1.807) is 37.3 Å². The van der Waals surface area contributed by atoms with Gasteiger partial charge >= 0.3 is 5.97 Å². The standard InChI is InChI=1S/C14H12ClNO3/c1-9(14(17)18)10-6-7-16-8-13(10)19-12-5-3-2-4-11(12)15/h2-9H,1H3,(H,17,18). The molecule has 1 unspecified atom stereocenters. The SMILES string of the molecule is CC(C(=O)O)c1ccncc1Oc1ccccc1Cl. The van der Waals surface area contributed by atoms with Gasteiger partial charge in [-0.2, -0.15) is 0 Å². The summed E-state index contributed by atoms with van der Waals surface area (Å²) in [4.78, 5) is 15.0. The van der Waals surface area contributed by atoms with Crippen molar-refractivity contribution in [2.45, 2.75) is 12.8 Å². The normalized spacial score (nSPS) is 11.9. The molecule has 5 heteroatoms. The van der Waals surface area contributed by atoms with E-state index in [-0.39, 0.29) is 0 Å². The first-order valence-corrected chi connectivity index (χ1v) is 6.06. The number of carboxylic acids is 1. The van der Waals surface area contributed by atoms with Gasteiger partial charge in [0.15, 0.2) is 0 Å². The van der Waals surface area contributed by atoms with Gasteiger partial charge in [-0.05, 0) is 25.1 Å². The van der Waals surface area contributed by atoms with Crippen LogP contribution >= 0.6 is 11.6 Å². The molecule has 1 heterocycles. The Labute approximate surface area is 115 Å². The molecule has 98 valence electrons. The van der Waals surface area contributed by atoms with E-state index in [1.807, 2.05) is 0 Å². The van der Waals surface area contributed by atoms with E-state index in [0.29, 0.717) is 22.1 Å². The smallest absolute Gasteiger partial charge is 0.310 e. The molecule has 0 aliphatic heterocycles. The third-order valence-electron chi connectivity index (χ3n) is 2.71. The molecule has 4 nitrogen and oxygen atoms in total. The highest BCUT2D eigenvalue weighted by molar-refractivity contribution is 6.32. The molecule has 2 rings (SSSR count). The summed E-state index contributed by atoms with van der Waals surface area (Å²) in [5, 5.41) is 9.54. The van der Waals surface area contributed by atoms with Crippen LogP contribution in [0.5, 0.6) is 11.5 Å². The summed E-state index contributed by atoms with van der Waals surface area (Å²) < 4.78 is 5.65. The Bertz CT molecular complexity index is 601. The van der Waals surface area contributed by atoms with Crippen LogP contribution in [-0.2, 0) is 4.79 Å². The Morgan fingerprint density at radius 2 is 2.05 bits per heavy atom. The average molecular weight is 278 g/mol. The van der Waals surface area contributed by atoms with Gasteiger partial charge in [-0.15, -0.1) is 0 Å². The van der Waals surface area contributed by atoms with Gasteiger partial charge in [0.2, 0.25) is 0 Å². The van der Waals surface area contributed by atoms with E-state index >= 15 is 0 Å². The highest BCUT2D eigenvalue weighted by atomic mass is 35.5. The molecule has 0 saturated carbocycles. The molecule has 1 aromatic carbocycles. The summed E-state index contributed by atoms with van der Waals surface area (Å²) in [5.41, 5.74) is 0.558. The summed E-state index contributed by atoms with van der Waals surface area (Å²) in [6, 6.07) is 8.63. The average Bonchev–Trinajstić information content (AvgIpc) is 2.41. The Morgan fingerprint density at radius 3 is 2.74 bits per heavy atom. The minimum Gasteiger partial charge on any atom is -0.481 e. The van der Waals surface area contributed by atoms with Gasteiger partial charge in [-0.3, -0.25) is 9.78 Å². The fourth-order valence-electron chi connectivity index (χ4n) is 1.61. The number of para-hydroxylation sites is 1. The highest BCUT2D eigenvalue weighted by Gasteiger charge is 2.19. The van der Waals surface area contributed by atoms with Crippen LogP contribution in [-0.4, -0.2) is 16.1 Å². The van der Waals surface area contributed by atoms with Gasteiger partial charge in [0.05, 0.1) is 17.1 Å². The van der Waals surface area contributed by atoms with E-state index in [0.717, 1.165) is 0 Å². The fourth-order valence-corrected chi connectivity index (χ4v) is 1.79. The number of carbonyl (C=O) groups is 1. The quantitative estimate of drug-likeness (QED) is 0.925. The Hall–Kier alpha value is -2.07. The number of aromatic nitrogens is 1.